The number of aromatic nitrogens is 1. The van der Waals surface area contributed by atoms with Gasteiger partial charge in [0, 0.05) is 0 Å². The van der Waals surface area contributed by atoms with Gasteiger partial charge in [-0.2, -0.15) is 0 Å². The molecule has 80 valence electrons. The summed E-state index contributed by atoms with van der Waals surface area (Å²) < 4.78 is 24.7. The van der Waals surface area contributed by atoms with Gasteiger partial charge in [-0.05, 0) is 9.91 Å². The molecule has 0 saturated carbocycles. The summed E-state index contributed by atoms with van der Waals surface area (Å²) in [6.45, 7) is 0. The van der Waals surface area contributed by atoms with Crippen LogP contribution in [0.2, 0.25) is 0 Å². The van der Waals surface area contributed by atoms with Gasteiger partial charge in [0.05, 0.1) is 17.3 Å². The van der Waals surface area contributed by atoms with Crippen molar-refractivity contribution in [1.82, 2.24) is 4.98 Å². The molecule has 0 aliphatic carbocycles. The van der Waals surface area contributed by atoms with Crippen molar-refractivity contribution in [2.45, 2.75) is 6.43 Å². The lowest BCUT2D eigenvalue weighted by Gasteiger charge is -2.03. The van der Waals surface area contributed by atoms with Crippen LogP contribution in [0.15, 0.2) is 6.07 Å². The van der Waals surface area contributed by atoms with E-state index in [1.807, 2.05) is 0 Å². The monoisotopic (exact) mass is 217 g/mol. The van der Waals surface area contributed by atoms with Gasteiger partial charge < -0.3 is 15.8 Å². The van der Waals surface area contributed by atoms with Gasteiger partial charge >= 0.3 is 5.82 Å². The molecule has 0 saturated heterocycles. The van der Waals surface area contributed by atoms with Gasteiger partial charge in [-0.15, -0.1) is 0 Å². The molecule has 1 aromatic heterocycles. The fourth-order valence-corrected chi connectivity index (χ4v) is 1.00. The summed E-state index contributed by atoms with van der Waals surface area (Å²) in [5.41, 5.74) is 3.14. The molecule has 0 spiro atoms. The highest BCUT2D eigenvalue weighted by Gasteiger charge is 2.24. The van der Waals surface area contributed by atoms with Crippen molar-refractivity contribution in [2.75, 3.05) is 5.73 Å². The van der Waals surface area contributed by atoms with Crippen molar-refractivity contribution in [1.29, 1.82) is 0 Å². The summed E-state index contributed by atoms with van der Waals surface area (Å²) in [4.78, 5) is 22.9. The van der Waals surface area contributed by atoms with Crippen LogP contribution < -0.4 is 5.73 Å². The summed E-state index contributed by atoms with van der Waals surface area (Å²) in [6.07, 6.45) is -3.00. The lowest BCUT2D eigenvalue weighted by Crippen LogP contribution is -2.05. The molecule has 0 aromatic carbocycles. The van der Waals surface area contributed by atoms with Crippen molar-refractivity contribution in [3.8, 4) is 0 Å². The highest BCUT2D eigenvalue weighted by molar-refractivity contribution is 5.78. The largest absolute Gasteiger partial charge is 0.398 e. The molecule has 6 nitrogen and oxygen atoms in total. The van der Waals surface area contributed by atoms with E-state index in [0.29, 0.717) is 6.07 Å². The summed E-state index contributed by atoms with van der Waals surface area (Å²) in [5.74, 6) is -0.737. The van der Waals surface area contributed by atoms with Crippen LogP contribution in [0, 0.1) is 10.1 Å². The number of alkyl halides is 2. The Morgan fingerprint density at radius 2 is 2.20 bits per heavy atom. The second-order valence-corrected chi connectivity index (χ2v) is 2.54. The smallest absolute Gasteiger partial charge is 0.366 e. The van der Waals surface area contributed by atoms with Crippen molar-refractivity contribution in [2.24, 2.45) is 0 Å². The molecule has 15 heavy (non-hydrogen) atoms. The zero-order valence-electron chi connectivity index (χ0n) is 7.18. The second kappa shape index (κ2) is 3.95. The first-order valence-corrected chi connectivity index (χ1v) is 3.65. The van der Waals surface area contributed by atoms with Crippen LogP contribution in [0.3, 0.4) is 0 Å². The van der Waals surface area contributed by atoms with Gasteiger partial charge in [-0.25, -0.2) is 8.78 Å². The zero-order valence-corrected chi connectivity index (χ0v) is 7.18. The minimum absolute atomic E-state index is 0.00481. The van der Waals surface area contributed by atoms with Crippen molar-refractivity contribution in [3.05, 3.63) is 27.4 Å². The summed E-state index contributed by atoms with van der Waals surface area (Å²) in [7, 11) is 0. The van der Waals surface area contributed by atoms with Gasteiger partial charge in [0.25, 0.3) is 6.43 Å². The molecule has 0 amide bonds. The van der Waals surface area contributed by atoms with Crippen molar-refractivity contribution in [3.63, 3.8) is 0 Å². The minimum atomic E-state index is -3.00. The van der Waals surface area contributed by atoms with Crippen LogP contribution in [0.4, 0.5) is 20.3 Å². The van der Waals surface area contributed by atoms with Gasteiger partial charge in [-0.1, -0.05) is 0 Å². The molecule has 0 bridgehead atoms. The number of carbonyl (C=O) groups excluding carboxylic acids is 1. The van der Waals surface area contributed by atoms with Crippen LogP contribution in [0.5, 0.6) is 0 Å². The number of nitrogens with zero attached hydrogens (tertiary/aromatic N) is 2. The Labute approximate surface area is 81.9 Å². The Hall–Kier alpha value is -2.12. The van der Waals surface area contributed by atoms with E-state index in [0.717, 1.165) is 0 Å². The third-order valence-electron chi connectivity index (χ3n) is 1.62. The van der Waals surface area contributed by atoms with Crippen molar-refractivity contribution >= 4 is 17.8 Å². The van der Waals surface area contributed by atoms with Crippen LogP contribution in [-0.2, 0) is 0 Å². The molecule has 0 fully saturated rings. The molecule has 0 radical (unpaired) electrons. The number of pyridine rings is 1. The lowest BCUT2D eigenvalue weighted by atomic mass is 10.1. The molecule has 0 atom stereocenters. The number of nitrogen functional groups attached to an aromatic ring is 1. The fraction of sp³-hybridized carbons (Fsp3) is 0.143. The average Bonchev–Trinajstić information content (AvgIpc) is 2.15. The molecule has 8 heteroatoms. The standard InChI is InChI=1S/C7H5F2N3O3/c8-7(9)6-3(10)1-5(12(14)15)11-4(6)2-13/h1-2,7H,(H2,10,11). The molecule has 0 aliphatic heterocycles. The maximum atomic E-state index is 12.4. The highest BCUT2D eigenvalue weighted by Crippen LogP contribution is 2.29. The Morgan fingerprint density at radius 3 is 2.60 bits per heavy atom. The van der Waals surface area contributed by atoms with Gasteiger partial charge in [0.2, 0.25) is 5.69 Å². The predicted molar refractivity (Wildman–Crippen MR) is 45.6 cm³/mol. The van der Waals surface area contributed by atoms with E-state index in [1.54, 1.807) is 0 Å². The van der Waals surface area contributed by atoms with Crippen LogP contribution >= 0.6 is 0 Å². The number of nitro groups is 1. The first kappa shape index (κ1) is 11.0. The van der Waals surface area contributed by atoms with Gasteiger partial charge in [-0.3, -0.25) is 4.79 Å². The first-order chi connectivity index (χ1) is 6.97. The third kappa shape index (κ3) is 2.03. The Kier molecular flexibility index (Phi) is 2.88. The number of hydrogen-bond acceptors (Lipinski definition) is 5. The highest BCUT2D eigenvalue weighted by atomic mass is 19.3. The number of carbonyl (C=O) groups is 1. The number of nitrogens with two attached hydrogens (primary N) is 1. The van der Waals surface area contributed by atoms with E-state index in [-0.39, 0.29) is 6.29 Å². The van der Waals surface area contributed by atoms with E-state index in [4.69, 9.17) is 5.73 Å². The van der Waals surface area contributed by atoms with E-state index in [1.165, 1.54) is 0 Å². The van der Waals surface area contributed by atoms with Crippen LogP contribution in [0.1, 0.15) is 22.5 Å². The molecule has 2 N–H and O–H groups in total. The SMILES string of the molecule is Nc1cc([N+](=O)[O-])nc(C=O)c1C(F)F. The summed E-state index contributed by atoms with van der Waals surface area (Å²) in [5, 5.41) is 10.3. The Bertz CT molecular complexity index is 422. The minimum Gasteiger partial charge on any atom is -0.398 e. The number of halogens is 2. The molecular weight excluding hydrogens is 212 g/mol. The molecule has 1 aromatic rings. The first-order valence-electron chi connectivity index (χ1n) is 3.65. The molecule has 0 aliphatic rings. The number of hydrogen-bond donors (Lipinski definition) is 1. The van der Waals surface area contributed by atoms with Gasteiger partial charge in [0.15, 0.2) is 6.29 Å². The van der Waals surface area contributed by atoms with Crippen molar-refractivity contribution < 1.29 is 18.5 Å². The average molecular weight is 217 g/mol. The summed E-state index contributed by atoms with van der Waals surface area (Å²) in [6, 6.07) is 0.689. The number of aldehydes is 1. The molecule has 1 rings (SSSR count). The lowest BCUT2D eigenvalue weighted by molar-refractivity contribution is -0.389. The zero-order chi connectivity index (χ0) is 11.6. The fourth-order valence-electron chi connectivity index (χ4n) is 1.00. The van der Waals surface area contributed by atoms with E-state index >= 15 is 0 Å². The normalized spacial score (nSPS) is 10.3. The summed E-state index contributed by atoms with van der Waals surface area (Å²) >= 11 is 0. The quantitative estimate of drug-likeness (QED) is 0.467. The maximum Gasteiger partial charge on any atom is 0.366 e. The third-order valence-corrected chi connectivity index (χ3v) is 1.62. The van der Waals surface area contributed by atoms with E-state index in [2.05, 4.69) is 4.98 Å². The van der Waals surface area contributed by atoms with Gasteiger partial charge in [0.1, 0.15) is 0 Å². The Balaban J connectivity index is 3.43. The topological polar surface area (TPSA) is 99.1 Å². The molecule has 0 unspecified atom stereocenters. The second-order valence-electron chi connectivity index (χ2n) is 2.54. The van der Waals surface area contributed by atoms with Crippen LogP contribution in [-0.4, -0.2) is 16.2 Å². The van der Waals surface area contributed by atoms with E-state index < -0.39 is 34.1 Å². The number of anilines is 1. The number of rotatable bonds is 3. The molecular formula is C7H5F2N3O3. The van der Waals surface area contributed by atoms with Crippen LogP contribution in [0.25, 0.3) is 0 Å². The Morgan fingerprint density at radius 1 is 1.60 bits per heavy atom. The predicted octanol–water partition coefficient (Wildman–Crippen LogP) is 1.32. The van der Waals surface area contributed by atoms with E-state index in [9.17, 15) is 23.7 Å². The maximum absolute atomic E-state index is 12.4. The molecule has 1 heterocycles.